The zero-order valence-corrected chi connectivity index (χ0v) is 10.5. The van der Waals surface area contributed by atoms with Crippen molar-refractivity contribution in [3.63, 3.8) is 0 Å². The quantitative estimate of drug-likeness (QED) is 0.442. The summed E-state index contributed by atoms with van der Waals surface area (Å²) in [6.45, 7) is 2.88. The van der Waals surface area contributed by atoms with E-state index in [-0.39, 0.29) is 0 Å². The lowest BCUT2D eigenvalue weighted by atomic mass is 10.1. The molecule has 0 heterocycles. The highest BCUT2D eigenvalue weighted by atomic mass is 16.5. The minimum Gasteiger partial charge on any atom is -0.480 e. The molecule has 0 spiro atoms. The van der Waals surface area contributed by atoms with E-state index in [4.69, 9.17) is 15.6 Å². The lowest BCUT2D eigenvalue weighted by molar-refractivity contribution is -0.138. The number of nitrogens with one attached hydrogen (secondary N) is 1. The van der Waals surface area contributed by atoms with Crippen LogP contribution in [0.3, 0.4) is 0 Å². The lowest BCUT2D eigenvalue weighted by Crippen LogP contribution is -2.30. The van der Waals surface area contributed by atoms with Crippen LogP contribution in [0.5, 0.6) is 0 Å². The van der Waals surface area contributed by atoms with Gasteiger partial charge in [0.1, 0.15) is 12.6 Å². The summed E-state index contributed by atoms with van der Waals surface area (Å²) in [6.07, 6.45) is 3.39. The molecule has 18 heavy (non-hydrogen) atoms. The number of alkyl carbamates (subject to hydrolysis) is 1. The highest BCUT2D eigenvalue weighted by Crippen LogP contribution is 2.27. The van der Waals surface area contributed by atoms with E-state index in [9.17, 15) is 9.59 Å². The zero-order valence-electron chi connectivity index (χ0n) is 10.5. The molecule has 0 aliphatic heterocycles. The number of unbranched alkanes of at least 4 members (excludes halogenated alkanes) is 1. The molecule has 1 rings (SSSR count). The second-order valence-corrected chi connectivity index (χ2v) is 4.48. The van der Waals surface area contributed by atoms with Crippen molar-refractivity contribution in [1.29, 1.82) is 0 Å². The van der Waals surface area contributed by atoms with E-state index in [1.165, 1.54) is 5.57 Å². The maximum atomic E-state index is 11.2. The Morgan fingerprint density at radius 1 is 1.56 bits per heavy atom. The van der Waals surface area contributed by atoms with Crippen molar-refractivity contribution in [2.24, 2.45) is 11.7 Å². The standard InChI is InChI=1S/C12H20N2O4/c1-8-6-9(8)7-18-12(17)14-5-3-2-4-10(13)11(15)16/h6,9-10H,2-5,7,13H2,1H3,(H,14,17)(H,15,16)/t9?,10-/m1/s1. The van der Waals surface area contributed by atoms with Crippen molar-refractivity contribution < 1.29 is 19.4 Å². The van der Waals surface area contributed by atoms with E-state index in [0.29, 0.717) is 38.3 Å². The Morgan fingerprint density at radius 2 is 2.22 bits per heavy atom. The predicted octanol–water partition coefficient (Wildman–Crippen LogP) is 0.871. The number of aliphatic carboxylic acids is 1. The molecule has 0 bridgehead atoms. The average molecular weight is 256 g/mol. The number of rotatable bonds is 8. The van der Waals surface area contributed by atoms with Crippen LogP contribution in [0.25, 0.3) is 0 Å². The highest BCUT2D eigenvalue weighted by Gasteiger charge is 2.21. The van der Waals surface area contributed by atoms with Crippen LogP contribution in [0.1, 0.15) is 26.2 Å². The summed E-state index contributed by atoms with van der Waals surface area (Å²) in [5, 5.41) is 11.2. The molecular formula is C12H20N2O4. The van der Waals surface area contributed by atoms with Gasteiger partial charge in [0.05, 0.1) is 0 Å². The van der Waals surface area contributed by atoms with Crippen molar-refractivity contribution in [3.8, 4) is 0 Å². The second-order valence-electron chi connectivity index (χ2n) is 4.48. The number of carboxylic acids is 1. The molecule has 0 aromatic carbocycles. The van der Waals surface area contributed by atoms with E-state index >= 15 is 0 Å². The minimum atomic E-state index is -0.991. The molecule has 1 aliphatic rings. The molecule has 102 valence electrons. The fourth-order valence-corrected chi connectivity index (χ4v) is 1.47. The van der Waals surface area contributed by atoms with Gasteiger partial charge in [0.25, 0.3) is 0 Å². The van der Waals surface area contributed by atoms with Crippen LogP contribution in [0.4, 0.5) is 4.79 Å². The van der Waals surface area contributed by atoms with Crippen molar-refractivity contribution in [3.05, 3.63) is 11.6 Å². The lowest BCUT2D eigenvalue weighted by Gasteiger charge is -2.08. The number of hydrogen-bond donors (Lipinski definition) is 3. The predicted molar refractivity (Wildman–Crippen MR) is 66.1 cm³/mol. The molecule has 0 fully saturated rings. The van der Waals surface area contributed by atoms with Crippen LogP contribution in [0.15, 0.2) is 11.6 Å². The van der Waals surface area contributed by atoms with Gasteiger partial charge in [-0.2, -0.15) is 0 Å². The molecule has 6 heteroatoms. The summed E-state index contributed by atoms with van der Waals surface area (Å²) in [4.78, 5) is 21.6. The van der Waals surface area contributed by atoms with Gasteiger partial charge >= 0.3 is 12.1 Å². The Hall–Kier alpha value is -1.56. The van der Waals surface area contributed by atoms with Crippen LogP contribution in [0, 0.1) is 5.92 Å². The SMILES string of the molecule is CC1=CC1COC(=O)NCCCC[C@@H](N)C(=O)O. The van der Waals surface area contributed by atoms with E-state index in [2.05, 4.69) is 5.32 Å². The third-order valence-corrected chi connectivity index (χ3v) is 2.86. The average Bonchev–Trinajstić information content (AvgIpc) is 3.02. The van der Waals surface area contributed by atoms with Crippen molar-refractivity contribution >= 4 is 12.1 Å². The van der Waals surface area contributed by atoms with Gasteiger partial charge in [-0.3, -0.25) is 4.79 Å². The number of carbonyl (C=O) groups is 2. The molecule has 1 aliphatic carbocycles. The summed E-state index contributed by atoms with van der Waals surface area (Å²) in [5.74, 6) is -0.668. The molecule has 6 nitrogen and oxygen atoms in total. The Kier molecular flexibility index (Phi) is 5.64. The molecule has 0 radical (unpaired) electrons. The minimum absolute atomic E-state index is 0.323. The van der Waals surface area contributed by atoms with Gasteiger partial charge in [0, 0.05) is 12.5 Å². The molecule has 1 amide bonds. The molecule has 0 saturated carbocycles. The number of carbonyl (C=O) groups excluding carboxylic acids is 1. The fourth-order valence-electron chi connectivity index (χ4n) is 1.47. The smallest absolute Gasteiger partial charge is 0.407 e. The number of carboxylic acid groups (broad SMARTS) is 1. The number of hydrogen-bond acceptors (Lipinski definition) is 4. The summed E-state index contributed by atoms with van der Waals surface area (Å²) < 4.78 is 4.98. The molecule has 0 saturated heterocycles. The topological polar surface area (TPSA) is 102 Å². The largest absolute Gasteiger partial charge is 0.480 e. The monoisotopic (exact) mass is 256 g/mol. The first kappa shape index (κ1) is 14.5. The van der Waals surface area contributed by atoms with E-state index in [1.807, 2.05) is 13.0 Å². The molecule has 4 N–H and O–H groups in total. The summed E-state index contributed by atoms with van der Waals surface area (Å²) in [6, 6.07) is -0.819. The highest BCUT2D eigenvalue weighted by molar-refractivity contribution is 5.72. The first-order chi connectivity index (χ1) is 8.50. The van der Waals surface area contributed by atoms with Crippen LogP contribution >= 0.6 is 0 Å². The Labute approximate surface area is 106 Å². The van der Waals surface area contributed by atoms with E-state index in [1.54, 1.807) is 0 Å². The normalized spacial score (nSPS) is 18.8. The van der Waals surface area contributed by atoms with Crippen LogP contribution < -0.4 is 11.1 Å². The zero-order chi connectivity index (χ0) is 13.5. The van der Waals surface area contributed by atoms with Gasteiger partial charge in [0.2, 0.25) is 0 Å². The first-order valence-electron chi connectivity index (χ1n) is 6.08. The maximum Gasteiger partial charge on any atom is 0.407 e. The van der Waals surface area contributed by atoms with Crippen molar-refractivity contribution in [2.75, 3.05) is 13.2 Å². The summed E-state index contributed by atoms with van der Waals surface area (Å²) >= 11 is 0. The molecule has 0 aromatic heterocycles. The number of nitrogens with two attached hydrogens (primary N) is 1. The Morgan fingerprint density at radius 3 is 2.78 bits per heavy atom. The van der Waals surface area contributed by atoms with Gasteiger partial charge in [-0.1, -0.05) is 11.6 Å². The maximum absolute atomic E-state index is 11.2. The van der Waals surface area contributed by atoms with Gasteiger partial charge < -0.3 is 20.9 Å². The fraction of sp³-hybridized carbons (Fsp3) is 0.667. The summed E-state index contributed by atoms with van der Waals surface area (Å²) in [7, 11) is 0. The van der Waals surface area contributed by atoms with Crippen molar-refractivity contribution in [2.45, 2.75) is 32.2 Å². The Bertz CT molecular complexity index is 341. The number of ether oxygens (including phenoxy) is 1. The van der Waals surface area contributed by atoms with Crippen LogP contribution in [0.2, 0.25) is 0 Å². The first-order valence-corrected chi connectivity index (χ1v) is 6.08. The summed E-state index contributed by atoms with van der Waals surface area (Å²) in [5.41, 5.74) is 6.60. The van der Waals surface area contributed by atoms with Crippen molar-refractivity contribution in [1.82, 2.24) is 5.32 Å². The third-order valence-electron chi connectivity index (χ3n) is 2.86. The van der Waals surface area contributed by atoms with Gasteiger partial charge in [-0.05, 0) is 26.2 Å². The third kappa shape index (κ3) is 5.67. The number of amides is 1. The van der Waals surface area contributed by atoms with Crippen LogP contribution in [-0.4, -0.2) is 36.4 Å². The van der Waals surface area contributed by atoms with E-state index < -0.39 is 18.1 Å². The van der Waals surface area contributed by atoms with Gasteiger partial charge in [0.15, 0.2) is 0 Å². The Balaban J connectivity index is 1.90. The van der Waals surface area contributed by atoms with Gasteiger partial charge in [-0.15, -0.1) is 0 Å². The van der Waals surface area contributed by atoms with E-state index in [0.717, 1.165) is 0 Å². The van der Waals surface area contributed by atoms with Crippen LogP contribution in [-0.2, 0) is 9.53 Å². The van der Waals surface area contributed by atoms with Gasteiger partial charge in [-0.25, -0.2) is 4.79 Å². The molecule has 0 aromatic rings. The molecular weight excluding hydrogens is 236 g/mol. The second kappa shape index (κ2) is 7.00. The molecule has 2 atom stereocenters. The molecule has 1 unspecified atom stereocenters.